The first-order chi connectivity index (χ1) is 17.5. The number of aliphatic hydroxyl groups is 1. The van der Waals surface area contributed by atoms with E-state index in [1.54, 1.807) is 67.6 Å². The van der Waals surface area contributed by atoms with Gasteiger partial charge in [-0.15, -0.1) is 0 Å². The van der Waals surface area contributed by atoms with Gasteiger partial charge in [-0.3, -0.25) is 10.2 Å². The van der Waals surface area contributed by atoms with E-state index in [1.807, 2.05) is 0 Å². The Labute approximate surface area is 214 Å². The lowest BCUT2D eigenvalue weighted by molar-refractivity contribution is -0.140. The number of nitrogens with two attached hydrogens (primary N) is 2. The maximum Gasteiger partial charge on any atom is 0.271 e. The molecule has 1 aliphatic heterocycles. The lowest BCUT2D eigenvalue weighted by atomic mass is 9.89. The van der Waals surface area contributed by atoms with Gasteiger partial charge in [-0.1, -0.05) is 47.6 Å². The van der Waals surface area contributed by atoms with Gasteiger partial charge >= 0.3 is 0 Å². The van der Waals surface area contributed by atoms with Crippen LogP contribution in [-0.4, -0.2) is 43.2 Å². The number of nitrogen functional groups attached to an aromatic ring is 1. The summed E-state index contributed by atoms with van der Waals surface area (Å²) in [4.78, 5) is 19.0. The van der Waals surface area contributed by atoms with Crippen LogP contribution in [0, 0.1) is 12.3 Å². The Hall–Kier alpha value is -4.06. The summed E-state index contributed by atoms with van der Waals surface area (Å²) in [5.41, 5.74) is 8.09. The van der Waals surface area contributed by atoms with Crippen LogP contribution in [0.15, 0.2) is 76.8 Å². The maximum atomic E-state index is 13.4. The smallest absolute Gasteiger partial charge is 0.271 e. The second kappa shape index (κ2) is 10.1. The Bertz CT molecular complexity index is 1520. The molecule has 0 radical (unpaired) electrons. The van der Waals surface area contributed by atoms with Crippen molar-refractivity contribution in [1.29, 1.82) is 5.41 Å². The summed E-state index contributed by atoms with van der Waals surface area (Å²) in [5, 5.41) is 29.7. The van der Waals surface area contributed by atoms with Crippen molar-refractivity contribution in [3.05, 3.63) is 83.4 Å². The summed E-state index contributed by atoms with van der Waals surface area (Å²) in [7, 11) is -3.93. The maximum absolute atomic E-state index is 13.4. The number of aliphatic hydroxyl groups excluding tert-OH is 1. The predicted octanol–water partition coefficient (Wildman–Crippen LogP) is 2.48. The van der Waals surface area contributed by atoms with E-state index in [1.165, 1.54) is 6.07 Å². The van der Waals surface area contributed by atoms with E-state index in [9.17, 15) is 18.3 Å². The number of hydrogen-bond donors (Lipinski definition) is 5. The Morgan fingerprint density at radius 1 is 1.14 bits per heavy atom. The normalized spacial score (nSPS) is 17.1. The van der Waals surface area contributed by atoms with E-state index in [0.717, 1.165) is 0 Å². The minimum Gasteiger partial charge on any atom is -0.396 e. The van der Waals surface area contributed by atoms with Crippen LogP contribution in [-0.2, 0) is 19.7 Å². The Kier molecular flexibility index (Phi) is 7.12. The standard InChI is InChI=1S/C26H27N5O5S/c1-16-13-17(20-7-2-3-8-23(20)37(29,34)35)9-10-21(16)30-25(33)26(11-12-32)15-22(31-36-26)18-5-4-6-19(14-18)24(27)28/h2-10,13-14,32H,11-12,15H2,1H3,(H3,27,28)(H,30,33)(H2,29,34,35). The van der Waals surface area contributed by atoms with Crippen LogP contribution in [0.5, 0.6) is 0 Å². The Morgan fingerprint density at radius 2 is 1.89 bits per heavy atom. The molecule has 1 aliphatic rings. The van der Waals surface area contributed by atoms with Crippen molar-refractivity contribution in [2.75, 3.05) is 11.9 Å². The highest BCUT2D eigenvalue weighted by Gasteiger charge is 2.46. The highest BCUT2D eigenvalue weighted by Crippen LogP contribution is 2.34. The van der Waals surface area contributed by atoms with Crippen molar-refractivity contribution < 1.29 is 23.2 Å². The molecule has 192 valence electrons. The molecule has 11 heteroatoms. The number of anilines is 1. The van der Waals surface area contributed by atoms with Crippen molar-refractivity contribution in [2.24, 2.45) is 16.0 Å². The number of hydrogen-bond acceptors (Lipinski definition) is 7. The first kappa shape index (κ1) is 26.0. The summed E-state index contributed by atoms with van der Waals surface area (Å²) >= 11 is 0. The second-order valence-electron chi connectivity index (χ2n) is 8.79. The molecule has 0 aliphatic carbocycles. The summed E-state index contributed by atoms with van der Waals surface area (Å²) < 4.78 is 24.0. The van der Waals surface area contributed by atoms with Gasteiger partial charge in [0, 0.05) is 41.8 Å². The third-order valence-corrected chi connectivity index (χ3v) is 7.17. The van der Waals surface area contributed by atoms with Gasteiger partial charge in [-0.05, 0) is 42.3 Å². The van der Waals surface area contributed by atoms with Gasteiger partial charge < -0.3 is 21.0 Å². The van der Waals surface area contributed by atoms with Crippen molar-refractivity contribution in [2.45, 2.75) is 30.3 Å². The molecular formula is C26H27N5O5S. The minimum absolute atomic E-state index is 0.00552. The van der Waals surface area contributed by atoms with Gasteiger partial charge in [0.05, 0.1) is 10.6 Å². The molecule has 10 nitrogen and oxygen atoms in total. The number of rotatable bonds is 8. The average molecular weight is 522 g/mol. The number of amidine groups is 1. The largest absolute Gasteiger partial charge is 0.396 e. The fourth-order valence-electron chi connectivity index (χ4n) is 4.21. The number of nitrogens with zero attached hydrogens (tertiary/aromatic N) is 1. The molecule has 4 rings (SSSR count). The molecule has 0 saturated carbocycles. The van der Waals surface area contributed by atoms with Crippen molar-refractivity contribution in [3.63, 3.8) is 0 Å². The summed E-state index contributed by atoms with van der Waals surface area (Å²) in [6, 6.07) is 18.4. The summed E-state index contributed by atoms with van der Waals surface area (Å²) in [6.45, 7) is 1.48. The molecular weight excluding hydrogens is 494 g/mol. The van der Waals surface area contributed by atoms with Crippen LogP contribution in [0.3, 0.4) is 0 Å². The van der Waals surface area contributed by atoms with Gasteiger partial charge in [0.15, 0.2) is 0 Å². The van der Waals surface area contributed by atoms with E-state index in [-0.39, 0.29) is 30.2 Å². The number of aryl methyl sites for hydroxylation is 1. The number of nitrogens with one attached hydrogen (secondary N) is 2. The number of amides is 1. The zero-order chi connectivity index (χ0) is 26.8. The predicted molar refractivity (Wildman–Crippen MR) is 141 cm³/mol. The fraction of sp³-hybridized carbons (Fsp3) is 0.192. The SMILES string of the molecule is Cc1cc(-c2ccccc2S(N)(=O)=O)ccc1NC(=O)C1(CCO)CC(c2cccc(C(=N)N)c2)=NO1. The van der Waals surface area contributed by atoms with Gasteiger partial charge in [-0.2, -0.15) is 0 Å². The Morgan fingerprint density at radius 3 is 2.57 bits per heavy atom. The van der Waals surface area contributed by atoms with Crippen molar-refractivity contribution >= 4 is 33.2 Å². The van der Waals surface area contributed by atoms with Crippen LogP contribution in [0.2, 0.25) is 0 Å². The molecule has 0 fully saturated rings. The number of sulfonamides is 1. The van der Waals surface area contributed by atoms with Gasteiger partial charge in [0.1, 0.15) is 5.84 Å². The molecule has 0 saturated heterocycles. The first-order valence-electron chi connectivity index (χ1n) is 11.4. The highest BCUT2D eigenvalue weighted by atomic mass is 32.2. The molecule has 0 bridgehead atoms. The minimum atomic E-state index is -3.93. The van der Waals surface area contributed by atoms with Crippen LogP contribution >= 0.6 is 0 Å². The molecule has 7 N–H and O–H groups in total. The molecule has 0 aromatic heterocycles. The highest BCUT2D eigenvalue weighted by molar-refractivity contribution is 7.89. The topological polar surface area (TPSA) is 181 Å². The molecule has 0 spiro atoms. The molecule has 37 heavy (non-hydrogen) atoms. The van der Waals surface area contributed by atoms with E-state index < -0.39 is 21.5 Å². The molecule has 1 amide bonds. The lowest BCUT2D eigenvalue weighted by Gasteiger charge is -2.25. The monoisotopic (exact) mass is 521 g/mol. The molecule has 3 aromatic rings. The second-order valence-corrected chi connectivity index (χ2v) is 10.3. The van der Waals surface area contributed by atoms with E-state index in [2.05, 4.69) is 10.5 Å². The van der Waals surface area contributed by atoms with Crippen molar-refractivity contribution in [1.82, 2.24) is 0 Å². The lowest BCUT2D eigenvalue weighted by Crippen LogP contribution is -2.44. The zero-order valence-corrected chi connectivity index (χ0v) is 20.9. The van der Waals surface area contributed by atoms with Crippen LogP contribution < -0.4 is 16.2 Å². The molecule has 1 heterocycles. The van der Waals surface area contributed by atoms with E-state index in [4.69, 9.17) is 21.1 Å². The zero-order valence-electron chi connectivity index (χ0n) is 20.1. The van der Waals surface area contributed by atoms with Crippen LogP contribution in [0.1, 0.15) is 29.5 Å². The average Bonchev–Trinajstić information content (AvgIpc) is 3.30. The number of oxime groups is 1. The summed E-state index contributed by atoms with van der Waals surface area (Å²) in [6.07, 6.45) is 0.122. The molecule has 1 atom stereocenters. The first-order valence-corrected chi connectivity index (χ1v) is 12.9. The fourth-order valence-corrected chi connectivity index (χ4v) is 4.97. The van der Waals surface area contributed by atoms with Crippen molar-refractivity contribution in [3.8, 4) is 11.1 Å². The van der Waals surface area contributed by atoms with E-state index >= 15 is 0 Å². The third-order valence-electron chi connectivity index (χ3n) is 6.20. The third kappa shape index (κ3) is 5.38. The molecule has 1 unspecified atom stereocenters. The van der Waals surface area contributed by atoms with Crippen LogP contribution in [0.4, 0.5) is 5.69 Å². The number of benzene rings is 3. The number of carbonyl (C=O) groups excluding carboxylic acids is 1. The van der Waals surface area contributed by atoms with E-state index in [0.29, 0.717) is 39.2 Å². The van der Waals surface area contributed by atoms with Crippen LogP contribution in [0.25, 0.3) is 11.1 Å². The molecule has 3 aromatic carbocycles. The van der Waals surface area contributed by atoms with Gasteiger partial charge in [-0.25, -0.2) is 13.6 Å². The number of carbonyl (C=O) groups is 1. The number of primary sulfonamides is 1. The van der Waals surface area contributed by atoms with Gasteiger partial charge in [0.2, 0.25) is 15.6 Å². The quantitative estimate of drug-likeness (QED) is 0.224. The van der Waals surface area contributed by atoms with Gasteiger partial charge in [0.25, 0.3) is 5.91 Å². The summed E-state index contributed by atoms with van der Waals surface area (Å²) in [5.74, 6) is -0.574. The Balaban J connectivity index is 1.58.